The summed E-state index contributed by atoms with van der Waals surface area (Å²) in [5.74, 6) is -0.692. The Morgan fingerprint density at radius 2 is 1.79 bits per heavy atom. The lowest BCUT2D eigenvalue weighted by Crippen LogP contribution is -2.38. The molecule has 0 bridgehead atoms. The Morgan fingerprint density at radius 3 is 2.48 bits per heavy atom. The third-order valence-corrected chi connectivity index (χ3v) is 5.70. The Labute approximate surface area is 195 Å². The SMILES string of the molecule is COc1ccc(C(=O)NCC(=O)N2N=C(c3ccccc3Cl)C[C@@H]2c2ccccc2F)cc1. The lowest BCUT2D eigenvalue weighted by atomic mass is 9.98. The molecule has 0 saturated heterocycles. The highest BCUT2D eigenvalue weighted by Gasteiger charge is 2.35. The maximum atomic E-state index is 14.6. The van der Waals surface area contributed by atoms with E-state index in [1.807, 2.05) is 6.07 Å². The van der Waals surface area contributed by atoms with Crippen LogP contribution in [0.15, 0.2) is 77.9 Å². The Kier molecular flexibility index (Phi) is 6.70. The molecule has 1 heterocycles. The number of hydrazone groups is 1. The van der Waals surface area contributed by atoms with Gasteiger partial charge in [0.2, 0.25) is 0 Å². The van der Waals surface area contributed by atoms with E-state index in [0.29, 0.717) is 39.6 Å². The van der Waals surface area contributed by atoms with E-state index in [2.05, 4.69) is 10.4 Å². The van der Waals surface area contributed by atoms with Gasteiger partial charge in [-0.15, -0.1) is 0 Å². The molecule has 0 radical (unpaired) electrons. The first-order valence-electron chi connectivity index (χ1n) is 10.3. The molecule has 33 heavy (non-hydrogen) atoms. The zero-order valence-corrected chi connectivity index (χ0v) is 18.6. The van der Waals surface area contributed by atoms with Crippen LogP contribution in [0.2, 0.25) is 5.02 Å². The van der Waals surface area contributed by atoms with Crippen molar-refractivity contribution in [3.63, 3.8) is 0 Å². The van der Waals surface area contributed by atoms with E-state index in [1.54, 1.807) is 60.7 Å². The zero-order valence-electron chi connectivity index (χ0n) is 17.8. The molecule has 0 unspecified atom stereocenters. The molecule has 4 rings (SSSR count). The van der Waals surface area contributed by atoms with E-state index in [0.717, 1.165) is 0 Å². The van der Waals surface area contributed by atoms with Gasteiger partial charge in [0, 0.05) is 28.1 Å². The number of carbonyl (C=O) groups is 2. The first kappa shape index (κ1) is 22.5. The fraction of sp³-hybridized carbons (Fsp3) is 0.160. The number of nitrogens with zero attached hydrogens (tertiary/aromatic N) is 2. The maximum absolute atomic E-state index is 14.6. The van der Waals surface area contributed by atoms with Crippen LogP contribution < -0.4 is 10.1 Å². The van der Waals surface area contributed by atoms with Crippen molar-refractivity contribution in [1.29, 1.82) is 0 Å². The van der Waals surface area contributed by atoms with E-state index < -0.39 is 23.7 Å². The van der Waals surface area contributed by atoms with E-state index in [4.69, 9.17) is 16.3 Å². The number of hydrogen-bond acceptors (Lipinski definition) is 4. The van der Waals surface area contributed by atoms with Gasteiger partial charge in [-0.05, 0) is 36.4 Å². The summed E-state index contributed by atoms with van der Waals surface area (Å²) in [7, 11) is 1.53. The maximum Gasteiger partial charge on any atom is 0.262 e. The molecule has 6 nitrogen and oxygen atoms in total. The first-order chi connectivity index (χ1) is 16.0. The van der Waals surface area contributed by atoms with Gasteiger partial charge < -0.3 is 10.1 Å². The number of hydrogen-bond donors (Lipinski definition) is 1. The number of amides is 2. The predicted molar refractivity (Wildman–Crippen MR) is 124 cm³/mol. The standard InChI is InChI=1S/C25H21ClFN3O3/c1-33-17-12-10-16(11-13-17)25(32)28-15-24(31)30-23(19-7-3-5-9-21(19)27)14-22(29-30)18-6-2-4-8-20(18)26/h2-13,23H,14-15H2,1H3,(H,28,32)/t23-/m1/s1. The summed E-state index contributed by atoms with van der Waals surface area (Å²) in [4.78, 5) is 25.5. The fourth-order valence-corrected chi connectivity index (χ4v) is 3.91. The minimum atomic E-state index is -0.650. The second-order valence-corrected chi connectivity index (χ2v) is 7.82. The van der Waals surface area contributed by atoms with Gasteiger partial charge in [0.15, 0.2) is 0 Å². The lowest BCUT2D eigenvalue weighted by Gasteiger charge is -2.22. The molecule has 3 aromatic carbocycles. The van der Waals surface area contributed by atoms with Crippen LogP contribution in [0.3, 0.4) is 0 Å². The summed E-state index contributed by atoms with van der Waals surface area (Å²) in [5.41, 5.74) is 1.98. The van der Waals surface area contributed by atoms with Gasteiger partial charge >= 0.3 is 0 Å². The second kappa shape index (κ2) is 9.83. The van der Waals surface area contributed by atoms with Crippen molar-refractivity contribution in [3.8, 4) is 5.75 Å². The summed E-state index contributed by atoms with van der Waals surface area (Å²) in [6, 6.07) is 19.3. The minimum absolute atomic E-state index is 0.294. The molecule has 1 atom stereocenters. The Bertz CT molecular complexity index is 1210. The summed E-state index contributed by atoms with van der Waals surface area (Å²) in [6.07, 6.45) is 0.294. The number of methoxy groups -OCH3 is 1. The number of rotatable bonds is 6. The van der Waals surface area contributed by atoms with Crippen LogP contribution in [0.25, 0.3) is 0 Å². The molecule has 168 valence electrons. The molecule has 2 amide bonds. The zero-order chi connectivity index (χ0) is 23.4. The monoisotopic (exact) mass is 465 g/mol. The molecule has 8 heteroatoms. The van der Waals surface area contributed by atoms with E-state index in [9.17, 15) is 14.0 Å². The molecule has 0 saturated carbocycles. The van der Waals surface area contributed by atoms with Crippen molar-refractivity contribution >= 4 is 29.1 Å². The van der Waals surface area contributed by atoms with Crippen LogP contribution in [0.4, 0.5) is 4.39 Å². The Hall–Kier alpha value is -3.71. The number of benzene rings is 3. The predicted octanol–water partition coefficient (Wildman–Crippen LogP) is 4.60. The molecule has 1 aliphatic heterocycles. The van der Waals surface area contributed by atoms with Crippen molar-refractivity contribution in [2.24, 2.45) is 5.10 Å². The van der Waals surface area contributed by atoms with Crippen molar-refractivity contribution < 1.29 is 18.7 Å². The van der Waals surface area contributed by atoms with Crippen molar-refractivity contribution in [2.45, 2.75) is 12.5 Å². The summed E-state index contributed by atoms with van der Waals surface area (Å²) in [5, 5.41) is 8.80. The third-order valence-electron chi connectivity index (χ3n) is 5.37. The summed E-state index contributed by atoms with van der Waals surface area (Å²) >= 11 is 6.32. The Morgan fingerprint density at radius 1 is 1.09 bits per heavy atom. The number of nitrogens with one attached hydrogen (secondary N) is 1. The van der Waals surface area contributed by atoms with Crippen molar-refractivity contribution in [3.05, 3.63) is 100 Å². The van der Waals surface area contributed by atoms with Gasteiger partial charge in [-0.3, -0.25) is 9.59 Å². The van der Waals surface area contributed by atoms with Gasteiger partial charge in [0.25, 0.3) is 11.8 Å². The van der Waals surface area contributed by atoms with Crippen LogP contribution >= 0.6 is 11.6 Å². The van der Waals surface area contributed by atoms with Crippen LogP contribution in [0.1, 0.15) is 33.9 Å². The fourth-order valence-electron chi connectivity index (χ4n) is 3.67. The molecule has 0 aromatic heterocycles. The van der Waals surface area contributed by atoms with E-state index in [1.165, 1.54) is 18.2 Å². The smallest absolute Gasteiger partial charge is 0.262 e. The molecule has 0 aliphatic carbocycles. The Balaban J connectivity index is 1.55. The largest absolute Gasteiger partial charge is 0.497 e. The molecule has 1 aliphatic rings. The minimum Gasteiger partial charge on any atom is -0.497 e. The van der Waals surface area contributed by atoms with Crippen molar-refractivity contribution in [2.75, 3.05) is 13.7 Å². The topological polar surface area (TPSA) is 71.0 Å². The highest BCUT2D eigenvalue weighted by Crippen LogP contribution is 2.35. The lowest BCUT2D eigenvalue weighted by molar-refractivity contribution is -0.131. The summed E-state index contributed by atoms with van der Waals surface area (Å²) in [6.45, 7) is -0.297. The number of ether oxygens (including phenoxy) is 1. The normalized spacial score (nSPS) is 15.2. The quantitative estimate of drug-likeness (QED) is 0.578. The van der Waals surface area contributed by atoms with Gasteiger partial charge in [0.1, 0.15) is 11.6 Å². The van der Waals surface area contributed by atoms with Crippen LogP contribution in [0, 0.1) is 5.82 Å². The molecule has 1 N–H and O–H groups in total. The molecular formula is C25H21ClFN3O3. The van der Waals surface area contributed by atoms with Gasteiger partial charge in [-0.1, -0.05) is 48.0 Å². The van der Waals surface area contributed by atoms with Crippen molar-refractivity contribution in [1.82, 2.24) is 10.3 Å². The third kappa shape index (κ3) is 4.88. The number of carbonyl (C=O) groups excluding carboxylic acids is 2. The van der Waals surface area contributed by atoms with Crippen LogP contribution in [-0.4, -0.2) is 36.2 Å². The molecular weight excluding hydrogens is 445 g/mol. The summed E-state index contributed by atoms with van der Waals surface area (Å²) < 4.78 is 19.7. The van der Waals surface area contributed by atoms with Crippen LogP contribution in [0.5, 0.6) is 5.75 Å². The first-order valence-corrected chi connectivity index (χ1v) is 10.7. The van der Waals surface area contributed by atoms with Gasteiger partial charge in [-0.25, -0.2) is 9.40 Å². The highest BCUT2D eigenvalue weighted by atomic mass is 35.5. The van der Waals surface area contributed by atoms with Gasteiger partial charge in [0.05, 0.1) is 25.4 Å². The molecule has 3 aromatic rings. The van der Waals surface area contributed by atoms with Crippen LogP contribution in [-0.2, 0) is 4.79 Å². The average Bonchev–Trinajstić information content (AvgIpc) is 3.28. The molecule has 0 fully saturated rings. The van der Waals surface area contributed by atoms with E-state index >= 15 is 0 Å². The van der Waals surface area contributed by atoms with Gasteiger partial charge in [-0.2, -0.15) is 5.10 Å². The number of halogens is 2. The second-order valence-electron chi connectivity index (χ2n) is 7.42. The van der Waals surface area contributed by atoms with E-state index in [-0.39, 0.29) is 6.54 Å². The highest BCUT2D eigenvalue weighted by molar-refractivity contribution is 6.34. The average molecular weight is 466 g/mol. The molecule has 0 spiro atoms.